The van der Waals surface area contributed by atoms with E-state index in [9.17, 15) is 8.78 Å². The molecule has 0 amide bonds. The molecule has 0 fully saturated rings. The quantitative estimate of drug-likeness (QED) is 0.740. The Bertz CT molecular complexity index is 827. The highest BCUT2D eigenvalue weighted by Crippen LogP contribution is 2.29. The molecule has 3 nitrogen and oxygen atoms in total. The number of nitrogens with two attached hydrogens (primary N) is 1. The molecule has 1 heterocycles. The maximum atomic E-state index is 13.5. The highest BCUT2D eigenvalue weighted by molar-refractivity contribution is 6.31. The van der Waals surface area contributed by atoms with E-state index < -0.39 is 5.82 Å². The second-order valence-corrected chi connectivity index (χ2v) is 4.90. The summed E-state index contributed by atoms with van der Waals surface area (Å²) in [6.07, 6.45) is 0. The van der Waals surface area contributed by atoms with Crippen molar-refractivity contribution in [3.8, 4) is 5.69 Å². The van der Waals surface area contributed by atoms with Gasteiger partial charge in [0.2, 0.25) is 5.95 Å². The SMILES string of the molecule is Cc1ccc(F)cc1-n1c(N)nc2cc(F)c(Cl)cc21. The number of hydrogen-bond acceptors (Lipinski definition) is 2. The molecule has 2 N–H and O–H groups in total. The number of nitrogens with zero attached hydrogens (tertiary/aromatic N) is 2. The third-order valence-corrected chi connectivity index (χ3v) is 3.42. The second-order valence-electron chi connectivity index (χ2n) is 4.49. The monoisotopic (exact) mass is 293 g/mol. The van der Waals surface area contributed by atoms with Gasteiger partial charge in [0.05, 0.1) is 21.7 Å². The first-order chi connectivity index (χ1) is 9.47. The summed E-state index contributed by atoms with van der Waals surface area (Å²) >= 11 is 5.80. The summed E-state index contributed by atoms with van der Waals surface area (Å²) in [6.45, 7) is 1.82. The maximum absolute atomic E-state index is 13.5. The van der Waals surface area contributed by atoms with Crippen LogP contribution in [0.3, 0.4) is 0 Å². The third-order valence-electron chi connectivity index (χ3n) is 3.13. The van der Waals surface area contributed by atoms with E-state index in [2.05, 4.69) is 4.98 Å². The van der Waals surface area contributed by atoms with Crippen LogP contribution in [0.1, 0.15) is 5.56 Å². The minimum atomic E-state index is -0.570. The average molecular weight is 294 g/mol. The van der Waals surface area contributed by atoms with Gasteiger partial charge in [-0.25, -0.2) is 13.8 Å². The van der Waals surface area contributed by atoms with E-state index >= 15 is 0 Å². The third kappa shape index (κ3) is 1.91. The molecule has 2 aromatic carbocycles. The number of hydrogen-bond donors (Lipinski definition) is 1. The number of aryl methyl sites for hydroxylation is 1. The second kappa shape index (κ2) is 4.45. The molecule has 3 aromatic rings. The number of imidazole rings is 1. The zero-order valence-corrected chi connectivity index (χ0v) is 11.2. The fourth-order valence-corrected chi connectivity index (χ4v) is 2.33. The molecule has 20 heavy (non-hydrogen) atoms. The fourth-order valence-electron chi connectivity index (χ4n) is 2.17. The van der Waals surface area contributed by atoms with Crippen molar-refractivity contribution in [2.45, 2.75) is 6.92 Å². The van der Waals surface area contributed by atoms with Gasteiger partial charge in [-0.05, 0) is 30.7 Å². The smallest absolute Gasteiger partial charge is 0.205 e. The first kappa shape index (κ1) is 12.9. The standard InChI is InChI=1S/C14H10ClF2N3/c1-7-2-3-8(16)4-12(7)20-13-5-9(15)10(17)6-11(13)19-14(20)18/h2-6H,1H3,(H2,18,19). The molecule has 0 saturated carbocycles. The van der Waals surface area contributed by atoms with Gasteiger partial charge < -0.3 is 5.73 Å². The van der Waals surface area contributed by atoms with E-state index in [0.717, 1.165) is 5.56 Å². The number of halogens is 3. The summed E-state index contributed by atoms with van der Waals surface area (Å²) in [5, 5.41) is -0.0345. The van der Waals surface area contributed by atoms with Crippen molar-refractivity contribution in [2.75, 3.05) is 5.73 Å². The molecule has 6 heteroatoms. The highest BCUT2D eigenvalue weighted by atomic mass is 35.5. The van der Waals surface area contributed by atoms with Gasteiger partial charge in [-0.15, -0.1) is 0 Å². The minimum absolute atomic E-state index is 0.0345. The molecule has 0 radical (unpaired) electrons. The van der Waals surface area contributed by atoms with Crippen LogP contribution in [0.15, 0.2) is 30.3 Å². The highest BCUT2D eigenvalue weighted by Gasteiger charge is 2.15. The molecule has 0 aliphatic carbocycles. The normalized spacial score (nSPS) is 11.2. The van der Waals surface area contributed by atoms with Crippen LogP contribution in [-0.2, 0) is 0 Å². The Labute approximate surface area is 118 Å². The largest absolute Gasteiger partial charge is 0.369 e. The van der Waals surface area contributed by atoms with Crippen LogP contribution in [0.5, 0.6) is 0 Å². The lowest BCUT2D eigenvalue weighted by molar-refractivity contribution is 0.626. The molecule has 0 unspecified atom stereocenters. The van der Waals surface area contributed by atoms with Gasteiger partial charge in [-0.2, -0.15) is 0 Å². The van der Waals surface area contributed by atoms with Crippen LogP contribution in [-0.4, -0.2) is 9.55 Å². The van der Waals surface area contributed by atoms with Crippen LogP contribution < -0.4 is 5.73 Å². The maximum Gasteiger partial charge on any atom is 0.205 e. The summed E-state index contributed by atoms with van der Waals surface area (Å²) in [4.78, 5) is 4.08. The van der Waals surface area contributed by atoms with Gasteiger partial charge in [0.1, 0.15) is 11.6 Å². The molecule has 0 spiro atoms. The fraction of sp³-hybridized carbons (Fsp3) is 0.0714. The van der Waals surface area contributed by atoms with Gasteiger partial charge >= 0.3 is 0 Å². The molecule has 0 aliphatic heterocycles. The van der Waals surface area contributed by atoms with Crippen LogP contribution in [0.25, 0.3) is 16.7 Å². The van der Waals surface area contributed by atoms with E-state index in [4.69, 9.17) is 17.3 Å². The molecule has 3 rings (SSSR count). The van der Waals surface area contributed by atoms with E-state index in [0.29, 0.717) is 16.7 Å². The number of benzene rings is 2. The van der Waals surface area contributed by atoms with Crippen molar-refractivity contribution in [3.05, 3.63) is 52.6 Å². The van der Waals surface area contributed by atoms with Crippen molar-refractivity contribution in [2.24, 2.45) is 0 Å². The Hall–Kier alpha value is -2.14. The summed E-state index contributed by atoms with van der Waals surface area (Å²) in [5.41, 5.74) is 8.13. The van der Waals surface area contributed by atoms with Crippen LogP contribution in [0.2, 0.25) is 5.02 Å². The Kier molecular flexibility index (Phi) is 2.87. The lowest BCUT2D eigenvalue weighted by Crippen LogP contribution is -2.03. The number of nitrogen functional groups attached to an aromatic ring is 1. The van der Waals surface area contributed by atoms with Gasteiger partial charge in [0.15, 0.2) is 0 Å². The minimum Gasteiger partial charge on any atom is -0.369 e. The Morgan fingerprint density at radius 3 is 2.70 bits per heavy atom. The van der Waals surface area contributed by atoms with E-state index in [1.807, 2.05) is 6.92 Å². The Morgan fingerprint density at radius 1 is 1.20 bits per heavy atom. The van der Waals surface area contributed by atoms with E-state index in [-0.39, 0.29) is 16.8 Å². The first-order valence-electron chi connectivity index (χ1n) is 5.87. The molecular formula is C14H10ClF2N3. The molecule has 0 atom stereocenters. The molecule has 1 aromatic heterocycles. The van der Waals surface area contributed by atoms with Crippen LogP contribution in [0, 0.1) is 18.6 Å². The van der Waals surface area contributed by atoms with Crippen molar-refractivity contribution >= 4 is 28.6 Å². The molecule has 0 bridgehead atoms. The predicted octanol–water partition coefficient (Wildman–Crippen LogP) is 3.85. The molecule has 0 aliphatic rings. The van der Waals surface area contributed by atoms with E-state index in [1.165, 1.54) is 24.3 Å². The molecular weight excluding hydrogens is 284 g/mol. The van der Waals surface area contributed by atoms with Gasteiger partial charge in [-0.3, -0.25) is 4.57 Å². The zero-order chi connectivity index (χ0) is 14.4. The lowest BCUT2D eigenvalue weighted by Gasteiger charge is -2.10. The zero-order valence-electron chi connectivity index (χ0n) is 10.5. The lowest BCUT2D eigenvalue weighted by atomic mass is 10.2. The first-order valence-corrected chi connectivity index (χ1v) is 6.24. The van der Waals surface area contributed by atoms with Crippen molar-refractivity contribution < 1.29 is 8.78 Å². The number of fused-ring (bicyclic) bond motifs is 1. The summed E-state index contributed by atoms with van der Waals surface area (Å²) < 4.78 is 28.5. The number of rotatable bonds is 1. The number of anilines is 1. The van der Waals surface area contributed by atoms with Crippen LogP contribution in [0.4, 0.5) is 14.7 Å². The summed E-state index contributed by atoms with van der Waals surface area (Å²) in [6, 6.07) is 6.99. The summed E-state index contributed by atoms with van der Waals surface area (Å²) in [7, 11) is 0. The average Bonchev–Trinajstić information content (AvgIpc) is 2.69. The Morgan fingerprint density at radius 2 is 1.95 bits per heavy atom. The van der Waals surface area contributed by atoms with Crippen molar-refractivity contribution in [1.29, 1.82) is 0 Å². The van der Waals surface area contributed by atoms with Crippen LogP contribution >= 0.6 is 11.6 Å². The molecule has 0 saturated heterocycles. The molecule has 102 valence electrons. The summed E-state index contributed by atoms with van der Waals surface area (Å²) in [5.74, 6) is -0.810. The topological polar surface area (TPSA) is 43.8 Å². The van der Waals surface area contributed by atoms with Gasteiger partial charge in [-0.1, -0.05) is 17.7 Å². The number of aromatic nitrogens is 2. The predicted molar refractivity (Wildman–Crippen MR) is 75.1 cm³/mol. The van der Waals surface area contributed by atoms with Crippen molar-refractivity contribution in [1.82, 2.24) is 9.55 Å². The Balaban J connectivity index is 2.38. The van der Waals surface area contributed by atoms with Gasteiger partial charge in [0.25, 0.3) is 0 Å². The van der Waals surface area contributed by atoms with Gasteiger partial charge in [0, 0.05) is 6.07 Å². The van der Waals surface area contributed by atoms with E-state index in [1.54, 1.807) is 10.6 Å². The van der Waals surface area contributed by atoms with Crippen molar-refractivity contribution in [3.63, 3.8) is 0 Å².